The first kappa shape index (κ1) is 11.5. The topological polar surface area (TPSA) is 75.2 Å². The van der Waals surface area contributed by atoms with Gasteiger partial charge in [0.1, 0.15) is 18.5 Å². The van der Waals surface area contributed by atoms with Gasteiger partial charge in [0.05, 0.1) is 6.61 Å². The number of nitrogens with two attached hydrogens (primary N) is 1. The number of aryl methyl sites for hydroxylation is 1. The summed E-state index contributed by atoms with van der Waals surface area (Å²) in [7, 11) is 1.85. The largest absolute Gasteiger partial charge is 0.378 e. The zero-order valence-electron chi connectivity index (χ0n) is 9.56. The van der Waals surface area contributed by atoms with Gasteiger partial charge in [0, 0.05) is 20.2 Å². The zero-order chi connectivity index (χ0) is 11.4. The van der Waals surface area contributed by atoms with Crippen molar-refractivity contribution < 1.29 is 9.47 Å². The van der Waals surface area contributed by atoms with Gasteiger partial charge in [0.15, 0.2) is 5.82 Å². The molecule has 1 atom stereocenters. The van der Waals surface area contributed by atoms with Gasteiger partial charge in [-0.05, 0) is 12.8 Å². The lowest BCUT2D eigenvalue weighted by Gasteiger charge is -2.35. The third kappa shape index (κ3) is 2.40. The number of nitrogens with zero attached hydrogens (tertiary/aromatic N) is 3. The molecule has 0 saturated carbocycles. The van der Waals surface area contributed by atoms with Gasteiger partial charge in [-0.2, -0.15) is 5.10 Å². The zero-order valence-corrected chi connectivity index (χ0v) is 9.56. The van der Waals surface area contributed by atoms with Crippen molar-refractivity contribution in [2.75, 3.05) is 19.8 Å². The van der Waals surface area contributed by atoms with E-state index in [0.717, 1.165) is 25.3 Å². The highest BCUT2D eigenvalue weighted by Crippen LogP contribution is 2.23. The first-order valence-electron chi connectivity index (χ1n) is 5.50. The van der Waals surface area contributed by atoms with Crippen LogP contribution < -0.4 is 5.73 Å². The van der Waals surface area contributed by atoms with E-state index in [2.05, 4.69) is 10.1 Å². The van der Waals surface area contributed by atoms with Crippen molar-refractivity contribution in [3.05, 3.63) is 12.2 Å². The second-order valence-electron chi connectivity index (χ2n) is 4.13. The first-order valence-corrected chi connectivity index (χ1v) is 5.50. The molecule has 2 heterocycles. The fourth-order valence-electron chi connectivity index (χ4n) is 1.83. The van der Waals surface area contributed by atoms with E-state index >= 15 is 0 Å². The summed E-state index contributed by atoms with van der Waals surface area (Å²) < 4.78 is 13.0. The molecule has 90 valence electrons. The summed E-state index contributed by atoms with van der Waals surface area (Å²) in [4.78, 5) is 4.11. The summed E-state index contributed by atoms with van der Waals surface area (Å²) >= 11 is 0. The highest BCUT2D eigenvalue weighted by Gasteiger charge is 2.32. The molecule has 1 unspecified atom stereocenters. The SMILES string of the molecule is Cn1ncnc1COC1(CN)CCCOC1. The highest BCUT2D eigenvalue weighted by molar-refractivity contribution is 4.87. The molecule has 0 radical (unpaired) electrons. The number of rotatable bonds is 4. The Morgan fingerprint density at radius 3 is 3.12 bits per heavy atom. The van der Waals surface area contributed by atoms with Gasteiger partial charge in [-0.1, -0.05) is 0 Å². The van der Waals surface area contributed by atoms with Gasteiger partial charge < -0.3 is 15.2 Å². The van der Waals surface area contributed by atoms with Crippen LogP contribution in [-0.2, 0) is 23.1 Å². The molecule has 6 heteroatoms. The molecule has 1 saturated heterocycles. The van der Waals surface area contributed by atoms with Crippen LogP contribution >= 0.6 is 0 Å². The van der Waals surface area contributed by atoms with Crippen LogP contribution in [0.3, 0.4) is 0 Å². The molecule has 1 aliphatic rings. The Hall–Kier alpha value is -0.980. The average molecular weight is 226 g/mol. The normalized spacial score (nSPS) is 25.9. The molecule has 0 spiro atoms. The van der Waals surface area contributed by atoms with Gasteiger partial charge in [-0.3, -0.25) is 4.68 Å². The monoisotopic (exact) mass is 226 g/mol. The maximum atomic E-state index is 5.87. The van der Waals surface area contributed by atoms with Crippen molar-refractivity contribution in [2.24, 2.45) is 12.8 Å². The van der Waals surface area contributed by atoms with E-state index in [-0.39, 0.29) is 5.60 Å². The maximum Gasteiger partial charge on any atom is 0.152 e. The summed E-state index contributed by atoms with van der Waals surface area (Å²) in [5.41, 5.74) is 5.42. The molecule has 0 aromatic carbocycles. The van der Waals surface area contributed by atoms with Crippen molar-refractivity contribution in [3.63, 3.8) is 0 Å². The minimum absolute atomic E-state index is 0.343. The van der Waals surface area contributed by atoms with Crippen molar-refractivity contribution in [3.8, 4) is 0 Å². The molecule has 6 nitrogen and oxygen atoms in total. The van der Waals surface area contributed by atoms with Crippen LogP contribution in [0.5, 0.6) is 0 Å². The minimum Gasteiger partial charge on any atom is -0.378 e. The fourth-order valence-corrected chi connectivity index (χ4v) is 1.83. The maximum absolute atomic E-state index is 5.87. The van der Waals surface area contributed by atoms with Crippen molar-refractivity contribution >= 4 is 0 Å². The van der Waals surface area contributed by atoms with E-state index in [1.54, 1.807) is 4.68 Å². The lowest BCUT2D eigenvalue weighted by atomic mass is 9.97. The Kier molecular flexibility index (Phi) is 3.52. The number of ether oxygens (including phenoxy) is 2. The van der Waals surface area contributed by atoms with E-state index in [9.17, 15) is 0 Å². The van der Waals surface area contributed by atoms with Crippen LogP contribution in [0.25, 0.3) is 0 Å². The summed E-state index contributed by atoms with van der Waals surface area (Å²) in [5, 5.41) is 3.99. The Bertz CT molecular complexity index is 333. The predicted octanol–water partition coefficient (Wildman–Crippen LogP) is -0.160. The van der Waals surface area contributed by atoms with Gasteiger partial charge in [0.25, 0.3) is 0 Å². The van der Waals surface area contributed by atoms with Gasteiger partial charge in [0.2, 0.25) is 0 Å². The van der Waals surface area contributed by atoms with Crippen LogP contribution in [0.1, 0.15) is 18.7 Å². The van der Waals surface area contributed by atoms with Gasteiger partial charge >= 0.3 is 0 Å². The van der Waals surface area contributed by atoms with Crippen molar-refractivity contribution in [1.82, 2.24) is 14.8 Å². The van der Waals surface area contributed by atoms with E-state index < -0.39 is 0 Å². The molecule has 1 fully saturated rings. The van der Waals surface area contributed by atoms with E-state index in [4.69, 9.17) is 15.2 Å². The Labute approximate surface area is 94.7 Å². The molecule has 16 heavy (non-hydrogen) atoms. The van der Waals surface area contributed by atoms with Gasteiger partial charge in [-0.15, -0.1) is 0 Å². The van der Waals surface area contributed by atoms with Crippen LogP contribution in [0, 0.1) is 0 Å². The van der Waals surface area contributed by atoms with Crippen LogP contribution in [0.4, 0.5) is 0 Å². The molecule has 1 aliphatic heterocycles. The van der Waals surface area contributed by atoms with Gasteiger partial charge in [-0.25, -0.2) is 4.98 Å². The fraction of sp³-hybridized carbons (Fsp3) is 0.800. The standard InChI is InChI=1S/C10H18N4O2/c1-14-9(12-8-13-14)5-16-10(6-11)3-2-4-15-7-10/h8H,2-7,11H2,1H3. The van der Waals surface area contributed by atoms with E-state index in [1.165, 1.54) is 6.33 Å². The third-order valence-electron chi connectivity index (χ3n) is 2.97. The van der Waals surface area contributed by atoms with E-state index in [0.29, 0.717) is 19.8 Å². The Balaban J connectivity index is 1.94. The van der Waals surface area contributed by atoms with E-state index in [1.807, 2.05) is 7.05 Å². The summed E-state index contributed by atoms with van der Waals surface area (Å²) in [6.07, 6.45) is 3.46. The molecule has 2 rings (SSSR count). The molecule has 0 aliphatic carbocycles. The molecule has 1 aromatic heterocycles. The molecule has 2 N–H and O–H groups in total. The number of aromatic nitrogens is 3. The van der Waals surface area contributed by atoms with Crippen LogP contribution in [0.15, 0.2) is 6.33 Å². The Morgan fingerprint density at radius 1 is 1.69 bits per heavy atom. The lowest BCUT2D eigenvalue weighted by molar-refractivity contribution is -0.132. The molecule has 0 bridgehead atoms. The average Bonchev–Trinajstić information content (AvgIpc) is 2.74. The first-order chi connectivity index (χ1) is 7.76. The number of hydrogen-bond donors (Lipinski definition) is 1. The smallest absolute Gasteiger partial charge is 0.152 e. The Morgan fingerprint density at radius 2 is 2.56 bits per heavy atom. The molecular weight excluding hydrogens is 208 g/mol. The van der Waals surface area contributed by atoms with Crippen molar-refractivity contribution in [2.45, 2.75) is 25.0 Å². The van der Waals surface area contributed by atoms with Crippen molar-refractivity contribution in [1.29, 1.82) is 0 Å². The molecular formula is C10H18N4O2. The summed E-state index contributed by atoms with van der Waals surface area (Å²) in [6.45, 7) is 2.28. The third-order valence-corrected chi connectivity index (χ3v) is 2.97. The predicted molar refractivity (Wildman–Crippen MR) is 57.6 cm³/mol. The summed E-state index contributed by atoms with van der Waals surface area (Å²) in [6, 6.07) is 0. The second kappa shape index (κ2) is 4.90. The minimum atomic E-state index is -0.343. The quantitative estimate of drug-likeness (QED) is 0.772. The molecule has 0 amide bonds. The molecule has 1 aromatic rings. The summed E-state index contributed by atoms with van der Waals surface area (Å²) in [5.74, 6) is 0.804. The number of hydrogen-bond acceptors (Lipinski definition) is 5. The van der Waals surface area contributed by atoms with Crippen LogP contribution in [0.2, 0.25) is 0 Å². The lowest BCUT2D eigenvalue weighted by Crippen LogP contribution is -2.47. The second-order valence-corrected chi connectivity index (χ2v) is 4.13. The highest BCUT2D eigenvalue weighted by atomic mass is 16.5. The van der Waals surface area contributed by atoms with Crippen LogP contribution in [-0.4, -0.2) is 40.1 Å².